The van der Waals surface area contributed by atoms with E-state index in [9.17, 15) is 20.1 Å². The summed E-state index contributed by atoms with van der Waals surface area (Å²) in [6.07, 6.45) is 0.695. The van der Waals surface area contributed by atoms with Crippen LogP contribution in [-0.4, -0.2) is 30.9 Å². The van der Waals surface area contributed by atoms with Crippen molar-refractivity contribution >= 4 is 11.9 Å². The first-order valence-corrected chi connectivity index (χ1v) is 10.0. The lowest BCUT2D eigenvalue weighted by atomic mass is 9.70. The van der Waals surface area contributed by atoms with Gasteiger partial charge in [0.25, 0.3) is 0 Å². The van der Waals surface area contributed by atoms with Gasteiger partial charge in [-0.15, -0.1) is 0 Å². The van der Waals surface area contributed by atoms with E-state index in [1.807, 2.05) is 37.3 Å². The fourth-order valence-corrected chi connectivity index (χ4v) is 4.74. The second-order valence-electron chi connectivity index (χ2n) is 8.30. The standard InChI is InChI=1S/C24H22N2O5/c1-11-20(28)18(13(3)27)22-19(21(11)29)24(4)16(31-22)10-15-17(23(24)30)12(2)25-26(15)14-8-6-5-7-9-14/h5-10,23,28-30H,1-4H3/t23-,24-/m1/s1. The average Bonchev–Trinajstić information content (AvgIpc) is 3.22. The smallest absolute Gasteiger partial charge is 0.167 e. The topological polar surface area (TPSA) is 105 Å². The van der Waals surface area contributed by atoms with Crippen LogP contribution < -0.4 is 4.74 Å². The number of phenols is 2. The summed E-state index contributed by atoms with van der Waals surface area (Å²) >= 11 is 0. The Kier molecular flexibility index (Phi) is 3.89. The Labute approximate surface area is 178 Å². The van der Waals surface area contributed by atoms with Crippen LogP contribution in [0, 0.1) is 13.8 Å². The molecule has 0 spiro atoms. The van der Waals surface area contributed by atoms with Crippen LogP contribution in [0.3, 0.4) is 0 Å². The summed E-state index contributed by atoms with van der Waals surface area (Å²) in [5.74, 6) is -0.437. The van der Waals surface area contributed by atoms with Crippen LogP contribution in [0.25, 0.3) is 11.8 Å². The lowest BCUT2D eigenvalue weighted by Gasteiger charge is -2.34. The number of nitrogens with zero attached hydrogens (tertiary/aromatic N) is 2. The summed E-state index contributed by atoms with van der Waals surface area (Å²) in [4.78, 5) is 12.3. The number of carbonyl (C=O) groups is 1. The molecule has 0 unspecified atom stereocenters. The van der Waals surface area contributed by atoms with Crippen molar-refractivity contribution in [3.05, 3.63) is 69.7 Å². The van der Waals surface area contributed by atoms with Gasteiger partial charge in [-0.25, -0.2) is 4.68 Å². The first-order chi connectivity index (χ1) is 14.7. The Bertz CT molecular complexity index is 1310. The third-order valence-electron chi connectivity index (χ3n) is 6.47. The molecule has 0 saturated heterocycles. The number of aliphatic hydroxyl groups is 1. The molecular formula is C24H22N2O5. The third-order valence-corrected chi connectivity index (χ3v) is 6.47. The highest BCUT2D eigenvalue weighted by Gasteiger charge is 2.55. The number of aromatic nitrogens is 2. The molecular weight excluding hydrogens is 396 g/mol. The summed E-state index contributed by atoms with van der Waals surface area (Å²) < 4.78 is 7.81. The van der Waals surface area contributed by atoms with Gasteiger partial charge in [-0.2, -0.15) is 5.10 Å². The number of phenolic OH excluding ortho intramolecular Hbond substituents is 2. The number of rotatable bonds is 2. The number of aromatic hydroxyl groups is 2. The molecule has 5 rings (SSSR count). The highest BCUT2D eigenvalue weighted by Crippen LogP contribution is 2.61. The zero-order valence-electron chi connectivity index (χ0n) is 17.6. The number of ketones is 1. The summed E-state index contributed by atoms with van der Waals surface area (Å²) in [6.45, 7) is 6.44. The Hall–Kier alpha value is -3.58. The molecule has 1 aromatic heterocycles. The maximum atomic E-state index is 12.3. The molecule has 7 nitrogen and oxygen atoms in total. The Balaban J connectivity index is 1.81. The number of Topliss-reactive ketones (excluding diaryl/α,β-unsaturated/α-hetero) is 1. The quantitative estimate of drug-likeness (QED) is 0.546. The summed E-state index contributed by atoms with van der Waals surface area (Å²) in [5.41, 5.74) is 2.09. The van der Waals surface area contributed by atoms with Gasteiger partial charge in [0, 0.05) is 17.2 Å². The molecule has 158 valence electrons. The monoisotopic (exact) mass is 418 g/mol. The van der Waals surface area contributed by atoms with Crippen LogP contribution in [0.15, 0.2) is 36.1 Å². The fourth-order valence-electron chi connectivity index (χ4n) is 4.74. The molecule has 3 N–H and O–H groups in total. The molecule has 7 heteroatoms. The van der Waals surface area contributed by atoms with Crippen molar-refractivity contribution in [1.82, 2.24) is 9.78 Å². The molecule has 0 bridgehead atoms. The van der Waals surface area contributed by atoms with E-state index in [1.54, 1.807) is 17.7 Å². The number of para-hydroxylation sites is 1. The molecule has 2 atom stereocenters. The molecule has 2 heterocycles. The van der Waals surface area contributed by atoms with Crippen LogP contribution in [0.2, 0.25) is 0 Å². The van der Waals surface area contributed by atoms with Gasteiger partial charge in [-0.3, -0.25) is 4.79 Å². The molecule has 0 fully saturated rings. The number of hydrogen-bond acceptors (Lipinski definition) is 6. The average molecular weight is 418 g/mol. The molecule has 0 radical (unpaired) electrons. The van der Waals surface area contributed by atoms with Gasteiger partial charge in [0.2, 0.25) is 0 Å². The largest absolute Gasteiger partial charge is 0.507 e. The normalized spacial score (nSPS) is 21.1. The minimum atomic E-state index is -1.15. The lowest BCUT2D eigenvalue weighted by Crippen LogP contribution is -2.34. The lowest BCUT2D eigenvalue weighted by molar-refractivity contribution is 0.0966. The van der Waals surface area contributed by atoms with E-state index >= 15 is 0 Å². The maximum Gasteiger partial charge on any atom is 0.167 e. The molecule has 1 aliphatic heterocycles. The van der Waals surface area contributed by atoms with Crippen molar-refractivity contribution in [1.29, 1.82) is 0 Å². The minimum Gasteiger partial charge on any atom is -0.507 e. The van der Waals surface area contributed by atoms with Crippen LogP contribution in [0.4, 0.5) is 0 Å². The summed E-state index contributed by atoms with van der Waals surface area (Å²) in [6, 6.07) is 9.54. The van der Waals surface area contributed by atoms with Crippen molar-refractivity contribution in [3.8, 4) is 22.9 Å². The van der Waals surface area contributed by atoms with Crippen LogP contribution in [-0.2, 0) is 5.41 Å². The van der Waals surface area contributed by atoms with E-state index < -0.39 is 17.3 Å². The van der Waals surface area contributed by atoms with Crippen LogP contribution >= 0.6 is 0 Å². The Morgan fingerprint density at radius 2 is 1.84 bits per heavy atom. The van der Waals surface area contributed by atoms with Crippen molar-refractivity contribution in [3.63, 3.8) is 0 Å². The molecule has 0 saturated carbocycles. The van der Waals surface area contributed by atoms with Gasteiger partial charge in [0.15, 0.2) is 5.78 Å². The highest BCUT2D eigenvalue weighted by molar-refractivity contribution is 6.02. The van der Waals surface area contributed by atoms with Crippen LogP contribution in [0.1, 0.15) is 58.4 Å². The molecule has 1 aliphatic carbocycles. The Morgan fingerprint density at radius 3 is 2.48 bits per heavy atom. The van der Waals surface area contributed by atoms with E-state index in [4.69, 9.17) is 4.74 Å². The van der Waals surface area contributed by atoms with Crippen LogP contribution in [0.5, 0.6) is 17.2 Å². The number of aliphatic hydroxyl groups excluding tert-OH is 1. The maximum absolute atomic E-state index is 12.3. The highest BCUT2D eigenvalue weighted by atomic mass is 16.5. The first kappa shape index (κ1) is 19.4. The van der Waals surface area contributed by atoms with Crippen molar-refractivity contribution in [2.24, 2.45) is 0 Å². The van der Waals surface area contributed by atoms with Crippen molar-refractivity contribution in [2.45, 2.75) is 39.2 Å². The van der Waals surface area contributed by atoms with E-state index in [-0.39, 0.29) is 28.4 Å². The molecule has 2 aromatic carbocycles. The van der Waals surface area contributed by atoms with E-state index in [0.29, 0.717) is 28.3 Å². The fraction of sp³-hybridized carbons (Fsp3) is 0.250. The molecule has 2 aliphatic rings. The second-order valence-corrected chi connectivity index (χ2v) is 8.30. The predicted octanol–water partition coefficient (Wildman–Crippen LogP) is 3.84. The Morgan fingerprint density at radius 1 is 1.16 bits per heavy atom. The van der Waals surface area contributed by atoms with Crippen molar-refractivity contribution in [2.75, 3.05) is 0 Å². The number of aryl methyl sites for hydroxylation is 1. The van der Waals surface area contributed by atoms with Crippen molar-refractivity contribution < 1.29 is 24.9 Å². The first-order valence-electron chi connectivity index (χ1n) is 10.0. The van der Waals surface area contributed by atoms with Gasteiger partial charge < -0.3 is 20.1 Å². The van der Waals surface area contributed by atoms with E-state index in [2.05, 4.69) is 5.10 Å². The number of hydrogen-bond donors (Lipinski definition) is 3. The summed E-state index contributed by atoms with van der Waals surface area (Å²) in [5, 5.41) is 37.6. The molecule has 3 aromatic rings. The summed E-state index contributed by atoms with van der Waals surface area (Å²) in [7, 11) is 0. The number of fused-ring (bicyclic) bond motifs is 4. The van der Waals surface area contributed by atoms with Gasteiger partial charge in [-0.1, -0.05) is 18.2 Å². The zero-order chi connectivity index (χ0) is 22.2. The van der Waals surface area contributed by atoms with E-state index in [0.717, 1.165) is 5.69 Å². The number of benzene rings is 2. The van der Waals surface area contributed by atoms with E-state index in [1.165, 1.54) is 13.8 Å². The van der Waals surface area contributed by atoms with Gasteiger partial charge in [0.1, 0.15) is 28.6 Å². The minimum absolute atomic E-state index is 0.000473. The predicted molar refractivity (Wildman–Crippen MR) is 114 cm³/mol. The molecule has 31 heavy (non-hydrogen) atoms. The SMILES string of the molecule is CC(=O)c1c(O)c(C)c(O)c2c1OC1=Cc3c(c(C)nn3-c3ccccc3)[C@@H](O)[C@]12C. The molecule has 0 amide bonds. The number of ether oxygens (including phenoxy) is 1. The van der Waals surface area contributed by atoms with Gasteiger partial charge in [-0.05, 0) is 39.8 Å². The third kappa shape index (κ3) is 2.32. The van der Waals surface area contributed by atoms with Gasteiger partial charge >= 0.3 is 0 Å². The zero-order valence-corrected chi connectivity index (χ0v) is 17.6. The van der Waals surface area contributed by atoms with Gasteiger partial charge in [0.05, 0.1) is 34.2 Å². The second kappa shape index (κ2) is 6.21. The number of carbonyl (C=O) groups excluding carboxylic acids is 1.